The van der Waals surface area contributed by atoms with Crippen molar-refractivity contribution >= 4 is 23.5 Å². The normalized spacial score (nSPS) is 11.2. The number of nitrogens with zero attached hydrogens (tertiary/aromatic N) is 1. The molecule has 0 spiro atoms. The molecule has 0 heterocycles. The zero-order valence-corrected chi connectivity index (χ0v) is 15.5. The van der Waals surface area contributed by atoms with Crippen molar-refractivity contribution in [3.63, 3.8) is 0 Å². The molecule has 0 saturated carbocycles. The smallest absolute Gasteiger partial charge is 0.341 e. The molecule has 6 heteroatoms. The number of carbonyl (C=O) groups excluding carboxylic acids is 2. The number of hydrogen-bond donors (Lipinski definition) is 0. The number of unbranched alkanes of at least 4 members (excludes halogenated alkanes) is 6. The van der Waals surface area contributed by atoms with Crippen LogP contribution in [0, 0.1) is 10.1 Å². The number of ether oxygens (including phenoxy) is 1. The number of para-hydroxylation sites is 1. The third-order valence-corrected chi connectivity index (χ3v) is 4.01. The van der Waals surface area contributed by atoms with E-state index in [1.165, 1.54) is 56.9 Å². The monoisotopic (exact) mass is 361 g/mol. The first-order valence-electron chi connectivity index (χ1n) is 9.10. The zero-order valence-electron chi connectivity index (χ0n) is 15.5. The fraction of sp³-hybridized carbons (Fsp3) is 0.500. The van der Waals surface area contributed by atoms with Crippen LogP contribution in [0.5, 0.6) is 0 Å². The lowest BCUT2D eigenvalue weighted by molar-refractivity contribution is -0.385. The van der Waals surface area contributed by atoms with Gasteiger partial charge in [0.15, 0.2) is 5.78 Å². The molecule has 0 bridgehead atoms. The lowest BCUT2D eigenvalue weighted by Gasteiger charge is -2.07. The Balaban J connectivity index is 2.61. The van der Waals surface area contributed by atoms with Gasteiger partial charge in [0.1, 0.15) is 5.57 Å². The van der Waals surface area contributed by atoms with Crippen LogP contribution in [0.1, 0.15) is 64.4 Å². The highest BCUT2D eigenvalue weighted by Gasteiger charge is 2.19. The maximum absolute atomic E-state index is 12.2. The summed E-state index contributed by atoms with van der Waals surface area (Å²) < 4.78 is 5.17. The van der Waals surface area contributed by atoms with Crippen molar-refractivity contribution in [1.82, 2.24) is 0 Å². The fourth-order valence-corrected chi connectivity index (χ4v) is 2.54. The lowest BCUT2D eigenvalue weighted by atomic mass is 10.1. The zero-order chi connectivity index (χ0) is 19.4. The fourth-order valence-electron chi connectivity index (χ4n) is 2.54. The quantitative estimate of drug-likeness (QED) is 0.101. The number of rotatable bonds is 12. The van der Waals surface area contributed by atoms with Gasteiger partial charge < -0.3 is 4.74 Å². The SMILES string of the molecule is CCCCCCCCCOC(=O)/C(=C\c1ccccc1[N+](=O)[O-])C(C)=O. The number of esters is 1. The Morgan fingerprint density at radius 2 is 1.69 bits per heavy atom. The Morgan fingerprint density at radius 3 is 2.31 bits per heavy atom. The largest absolute Gasteiger partial charge is 0.462 e. The summed E-state index contributed by atoms with van der Waals surface area (Å²) in [5.41, 5.74) is -0.135. The van der Waals surface area contributed by atoms with E-state index >= 15 is 0 Å². The number of Topliss-reactive ketones (excluding diaryl/α,β-unsaturated/α-hetero) is 1. The minimum atomic E-state index is -0.735. The minimum Gasteiger partial charge on any atom is -0.462 e. The van der Waals surface area contributed by atoms with E-state index in [2.05, 4.69) is 6.92 Å². The van der Waals surface area contributed by atoms with Crippen LogP contribution in [-0.4, -0.2) is 23.3 Å². The summed E-state index contributed by atoms with van der Waals surface area (Å²) in [6.45, 7) is 3.66. The molecule has 0 atom stereocenters. The van der Waals surface area contributed by atoms with Gasteiger partial charge in [-0.15, -0.1) is 0 Å². The van der Waals surface area contributed by atoms with Crippen LogP contribution in [0.15, 0.2) is 29.8 Å². The van der Waals surface area contributed by atoms with Crippen molar-refractivity contribution < 1.29 is 19.2 Å². The summed E-state index contributed by atoms with van der Waals surface area (Å²) >= 11 is 0. The number of ketones is 1. The number of carbonyl (C=O) groups is 2. The highest BCUT2D eigenvalue weighted by Crippen LogP contribution is 2.21. The van der Waals surface area contributed by atoms with E-state index in [1.807, 2.05) is 0 Å². The van der Waals surface area contributed by atoms with Crippen molar-refractivity contribution in [2.75, 3.05) is 6.61 Å². The molecule has 26 heavy (non-hydrogen) atoms. The Bertz CT molecular complexity index is 651. The molecular weight excluding hydrogens is 334 g/mol. The summed E-state index contributed by atoms with van der Waals surface area (Å²) in [6, 6.07) is 5.96. The Hall–Kier alpha value is -2.50. The van der Waals surface area contributed by atoms with E-state index in [0.717, 1.165) is 19.3 Å². The predicted molar refractivity (Wildman–Crippen MR) is 101 cm³/mol. The highest BCUT2D eigenvalue weighted by molar-refractivity contribution is 6.20. The molecule has 0 saturated heterocycles. The van der Waals surface area contributed by atoms with E-state index in [0.29, 0.717) is 0 Å². The number of hydrogen-bond acceptors (Lipinski definition) is 5. The van der Waals surface area contributed by atoms with E-state index in [4.69, 9.17) is 4.74 Å². The first kappa shape index (κ1) is 21.5. The van der Waals surface area contributed by atoms with Gasteiger partial charge in [0.2, 0.25) is 0 Å². The van der Waals surface area contributed by atoms with Crippen LogP contribution >= 0.6 is 0 Å². The summed E-state index contributed by atoms with van der Waals surface area (Å²) in [5.74, 6) is -1.21. The van der Waals surface area contributed by atoms with Crippen molar-refractivity contribution in [1.29, 1.82) is 0 Å². The van der Waals surface area contributed by atoms with Gasteiger partial charge in [0.05, 0.1) is 17.1 Å². The van der Waals surface area contributed by atoms with Crippen molar-refractivity contribution in [3.05, 3.63) is 45.5 Å². The second kappa shape index (κ2) is 12.0. The number of benzene rings is 1. The van der Waals surface area contributed by atoms with E-state index < -0.39 is 16.7 Å². The van der Waals surface area contributed by atoms with E-state index in [1.54, 1.807) is 6.07 Å². The molecule has 0 radical (unpaired) electrons. The van der Waals surface area contributed by atoms with Gasteiger partial charge >= 0.3 is 5.97 Å². The highest BCUT2D eigenvalue weighted by atomic mass is 16.6. The summed E-state index contributed by atoms with van der Waals surface area (Å²) in [6.07, 6.45) is 8.90. The van der Waals surface area contributed by atoms with Crippen LogP contribution in [-0.2, 0) is 14.3 Å². The van der Waals surface area contributed by atoms with Crippen LogP contribution in [0.4, 0.5) is 5.69 Å². The second-order valence-corrected chi connectivity index (χ2v) is 6.19. The van der Waals surface area contributed by atoms with Gasteiger partial charge in [-0.05, 0) is 25.5 Å². The molecule has 1 aromatic rings. The first-order valence-corrected chi connectivity index (χ1v) is 9.10. The molecule has 0 aliphatic heterocycles. The summed E-state index contributed by atoms with van der Waals surface area (Å²) in [5, 5.41) is 11.1. The Morgan fingerprint density at radius 1 is 1.08 bits per heavy atom. The number of nitro benzene ring substituents is 1. The molecule has 0 fully saturated rings. The van der Waals surface area contributed by atoms with Gasteiger partial charge in [-0.3, -0.25) is 14.9 Å². The Labute approximate surface area is 154 Å². The lowest BCUT2D eigenvalue weighted by Crippen LogP contribution is -2.14. The van der Waals surface area contributed by atoms with Crippen LogP contribution < -0.4 is 0 Å². The first-order chi connectivity index (χ1) is 12.5. The third kappa shape index (κ3) is 7.59. The molecule has 0 aliphatic rings. The van der Waals surface area contributed by atoms with E-state index in [9.17, 15) is 19.7 Å². The van der Waals surface area contributed by atoms with Crippen LogP contribution in [0.25, 0.3) is 6.08 Å². The van der Waals surface area contributed by atoms with Gasteiger partial charge in [-0.25, -0.2) is 4.79 Å². The second-order valence-electron chi connectivity index (χ2n) is 6.19. The average Bonchev–Trinajstić information content (AvgIpc) is 2.61. The molecule has 0 N–H and O–H groups in total. The van der Waals surface area contributed by atoms with Crippen LogP contribution in [0.3, 0.4) is 0 Å². The molecule has 0 unspecified atom stereocenters. The van der Waals surface area contributed by atoms with Crippen molar-refractivity contribution in [3.8, 4) is 0 Å². The Kier molecular flexibility index (Phi) is 9.90. The predicted octanol–water partition coefficient (Wildman–Crippen LogP) is 4.86. The standard InChI is InChI=1S/C20H27NO5/c1-3-4-5-6-7-8-11-14-26-20(23)18(16(2)22)15-17-12-9-10-13-19(17)21(24)25/h9-10,12-13,15H,3-8,11,14H2,1-2H3/b18-15-. The molecule has 0 aliphatic carbocycles. The molecule has 6 nitrogen and oxygen atoms in total. The minimum absolute atomic E-state index is 0.161. The van der Waals surface area contributed by atoms with Gasteiger partial charge in [-0.1, -0.05) is 57.6 Å². The van der Waals surface area contributed by atoms with Crippen LogP contribution in [0.2, 0.25) is 0 Å². The molecule has 0 aromatic heterocycles. The maximum atomic E-state index is 12.2. The molecule has 142 valence electrons. The topological polar surface area (TPSA) is 86.5 Å². The maximum Gasteiger partial charge on any atom is 0.341 e. The van der Waals surface area contributed by atoms with Gasteiger partial charge in [-0.2, -0.15) is 0 Å². The van der Waals surface area contributed by atoms with E-state index in [-0.39, 0.29) is 23.4 Å². The molecule has 0 amide bonds. The average molecular weight is 361 g/mol. The molecule has 1 aromatic carbocycles. The van der Waals surface area contributed by atoms with Crippen molar-refractivity contribution in [2.45, 2.75) is 58.8 Å². The molecular formula is C20H27NO5. The third-order valence-electron chi connectivity index (χ3n) is 4.01. The van der Waals surface area contributed by atoms with Gasteiger partial charge in [0, 0.05) is 6.07 Å². The van der Waals surface area contributed by atoms with Crippen molar-refractivity contribution in [2.24, 2.45) is 0 Å². The number of nitro groups is 1. The van der Waals surface area contributed by atoms with Gasteiger partial charge in [0.25, 0.3) is 5.69 Å². The molecule has 1 rings (SSSR count). The summed E-state index contributed by atoms with van der Waals surface area (Å²) in [7, 11) is 0. The summed E-state index contributed by atoms with van der Waals surface area (Å²) in [4.78, 5) is 34.4.